The van der Waals surface area contributed by atoms with Crippen molar-refractivity contribution < 1.29 is 0 Å². The molecule has 116 valence electrons. The molecule has 3 atom stereocenters. The van der Waals surface area contributed by atoms with Gasteiger partial charge in [-0.2, -0.15) is 0 Å². The van der Waals surface area contributed by atoms with Crippen LogP contribution in [0, 0.1) is 23.7 Å². The van der Waals surface area contributed by atoms with Gasteiger partial charge in [0.15, 0.2) is 0 Å². The molecule has 0 saturated carbocycles. The maximum absolute atomic E-state index is 4.05. The van der Waals surface area contributed by atoms with Crippen molar-refractivity contribution in [2.75, 3.05) is 0 Å². The highest BCUT2D eigenvalue weighted by Crippen LogP contribution is 2.18. The lowest BCUT2D eigenvalue weighted by Gasteiger charge is -2.27. The van der Waals surface area contributed by atoms with E-state index in [2.05, 4.69) is 63.7 Å². The van der Waals surface area contributed by atoms with E-state index in [1.165, 1.54) is 0 Å². The first-order valence-corrected chi connectivity index (χ1v) is 7.93. The van der Waals surface area contributed by atoms with Crippen molar-refractivity contribution in [3.63, 3.8) is 0 Å². The Balaban J connectivity index is 4.70. The van der Waals surface area contributed by atoms with Crippen LogP contribution in [0.5, 0.6) is 0 Å². The molecule has 0 saturated heterocycles. The summed E-state index contributed by atoms with van der Waals surface area (Å²) in [6.45, 7) is 18.3. The third-order valence-corrected chi connectivity index (χ3v) is 3.56. The monoisotopic (exact) mass is 285 g/mol. The van der Waals surface area contributed by atoms with E-state index in [-0.39, 0.29) is 0 Å². The predicted octanol–water partition coefficient (Wildman–Crippen LogP) is 5.24. The number of hydrogen-bond donors (Lipinski definition) is 1. The van der Waals surface area contributed by atoms with Gasteiger partial charge in [0, 0.05) is 18.2 Å². The number of rotatable bonds is 10. The first kappa shape index (κ1) is 19.3. The Labute approximate surface area is 131 Å². The molecule has 0 aliphatic heterocycles. The Bertz CT molecular complexity index is 405. The molecule has 1 N–H and O–H groups in total. The minimum atomic E-state index is 0.311. The molecular weight excluding hydrogens is 254 g/mol. The summed E-state index contributed by atoms with van der Waals surface area (Å²) >= 11 is 0. The Morgan fingerprint density at radius 1 is 1.24 bits per heavy atom. The molecule has 0 radical (unpaired) electrons. The van der Waals surface area contributed by atoms with E-state index in [0.717, 1.165) is 31.4 Å². The molecule has 0 bridgehead atoms. The van der Waals surface area contributed by atoms with Gasteiger partial charge in [-0.1, -0.05) is 57.4 Å². The van der Waals surface area contributed by atoms with Gasteiger partial charge in [0.25, 0.3) is 0 Å². The standard InChI is InChI=1S/C20H31N/c1-7-11-12-13-14-15-19(10-4)16-20(17(5)8-2)21-18(6)9-3/h8,10,14-15,17,19-21H,2,4,6-7,9,11,16H2,1,3,5H3/b15-14-. The molecule has 3 unspecified atom stereocenters. The summed E-state index contributed by atoms with van der Waals surface area (Å²) in [5, 5.41) is 3.51. The van der Waals surface area contributed by atoms with Crippen LogP contribution in [0.1, 0.15) is 46.5 Å². The van der Waals surface area contributed by atoms with Gasteiger partial charge in [0.2, 0.25) is 0 Å². The molecule has 0 fully saturated rings. The number of unbranched alkanes of at least 4 members (excludes halogenated alkanes) is 1. The van der Waals surface area contributed by atoms with Gasteiger partial charge in [-0.3, -0.25) is 0 Å². The van der Waals surface area contributed by atoms with Crippen LogP contribution in [-0.4, -0.2) is 6.04 Å². The van der Waals surface area contributed by atoms with Gasteiger partial charge in [-0.15, -0.1) is 13.2 Å². The zero-order valence-corrected chi connectivity index (χ0v) is 14.0. The van der Waals surface area contributed by atoms with Crippen molar-refractivity contribution in [2.24, 2.45) is 11.8 Å². The molecule has 0 aromatic heterocycles. The van der Waals surface area contributed by atoms with Crippen molar-refractivity contribution in [2.45, 2.75) is 52.5 Å². The highest BCUT2D eigenvalue weighted by molar-refractivity contribution is 5.17. The Morgan fingerprint density at radius 3 is 2.48 bits per heavy atom. The third-order valence-electron chi connectivity index (χ3n) is 3.56. The second-order valence-electron chi connectivity index (χ2n) is 5.37. The molecule has 21 heavy (non-hydrogen) atoms. The zero-order chi connectivity index (χ0) is 16.1. The van der Waals surface area contributed by atoms with E-state index in [4.69, 9.17) is 0 Å². The van der Waals surface area contributed by atoms with Crippen LogP contribution in [0.25, 0.3) is 0 Å². The summed E-state index contributed by atoms with van der Waals surface area (Å²) in [5.41, 5.74) is 1.07. The van der Waals surface area contributed by atoms with Crippen molar-refractivity contribution in [1.82, 2.24) is 5.32 Å². The van der Waals surface area contributed by atoms with Crippen LogP contribution in [0.4, 0.5) is 0 Å². The summed E-state index contributed by atoms with van der Waals surface area (Å²) in [7, 11) is 0. The fourth-order valence-corrected chi connectivity index (χ4v) is 1.91. The summed E-state index contributed by atoms with van der Waals surface area (Å²) in [5.74, 6) is 6.90. The van der Waals surface area contributed by atoms with Crippen LogP contribution in [-0.2, 0) is 0 Å². The summed E-state index contributed by atoms with van der Waals surface area (Å²) in [4.78, 5) is 0. The number of allylic oxidation sites excluding steroid dienone is 4. The van der Waals surface area contributed by atoms with Crippen LogP contribution < -0.4 is 5.32 Å². The van der Waals surface area contributed by atoms with E-state index in [9.17, 15) is 0 Å². The van der Waals surface area contributed by atoms with Gasteiger partial charge in [0.1, 0.15) is 0 Å². The lowest BCUT2D eigenvalue weighted by Crippen LogP contribution is -2.34. The Kier molecular flexibility index (Phi) is 11.1. The molecule has 0 heterocycles. The highest BCUT2D eigenvalue weighted by atomic mass is 14.9. The van der Waals surface area contributed by atoms with Crippen LogP contribution in [0.3, 0.4) is 0 Å². The largest absolute Gasteiger partial charge is 0.385 e. The minimum Gasteiger partial charge on any atom is -0.385 e. The molecule has 0 rings (SSSR count). The first-order valence-electron chi connectivity index (χ1n) is 7.93. The topological polar surface area (TPSA) is 12.0 Å². The maximum Gasteiger partial charge on any atom is 0.0326 e. The minimum absolute atomic E-state index is 0.311. The van der Waals surface area contributed by atoms with E-state index in [0.29, 0.717) is 17.9 Å². The van der Waals surface area contributed by atoms with Crippen LogP contribution >= 0.6 is 0 Å². The zero-order valence-electron chi connectivity index (χ0n) is 14.0. The van der Waals surface area contributed by atoms with E-state index >= 15 is 0 Å². The van der Waals surface area contributed by atoms with Gasteiger partial charge in [-0.25, -0.2) is 0 Å². The fourth-order valence-electron chi connectivity index (χ4n) is 1.91. The normalized spacial score (nSPS) is 14.6. The Hall–Kier alpha value is -1.68. The molecule has 0 aromatic carbocycles. The number of hydrogen-bond acceptors (Lipinski definition) is 1. The molecule has 0 aliphatic carbocycles. The summed E-state index contributed by atoms with van der Waals surface area (Å²) in [6.07, 6.45) is 12.0. The Morgan fingerprint density at radius 2 is 1.95 bits per heavy atom. The van der Waals surface area contributed by atoms with Crippen molar-refractivity contribution in [1.29, 1.82) is 0 Å². The molecular formula is C20H31N. The van der Waals surface area contributed by atoms with Gasteiger partial charge < -0.3 is 5.32 Å². The molecule has 1 heteroatoms. The SMILES string of the molecule is C=CC(/C=C\C#CCCC)CC(NC(=C)CC)C(C)C=C. The lowest BCUT2D eigenvalue weighted by molar-refractivity contribution is 0.411. The first-order chi connectivity index (χ1) is 10.1. The summed E-state index contributed by atoms with van der Waals surface area (Å²) in [6, 6.07) is 0.325. The van der Waals surface area contributed by atoms with Crippen molar-refractivity contribution in [3.8, 4) is 11.8 Å². The van der Waals surface area contributed by atoms with Gasteiger partial charge in [0.05, 0.1) is 0 Å². The average molecular weight is 285 g/mol. The molecule has 1 nitrogen and oxygen atoms in total. The summed E-state index contributed by atoms with van der Waals surface area (Å²) < 4.78 is 0. The predicted molar refractivity (Wildman–Crippen MR) is 95.8 cm³/mol. The second-order valence-corrected chi connectivity index (χ2v) is 5.37. The van der Waals surface area contributed by atoms with E-state index in [1.807, 2.05) is 18.2 Å². The van der Waals surface area contributed by atoms with Crippen LogP contribution in [0.15, 0.2) is 49.7 Å². The van der Waals surface area contributed by atoms with E-state index < -0.39 is 0 Å². The molecule has 0 aliphatic rings. The van der Waals surface area contributed by atoms with Gasteiger partial charge in [-0.05, 0) is 37.2 Å². The average Bonchev–Trinajstić information content (AvgIpc) is 2.51. The lowest BCUT2D eigenvalue weighted by atomic mass is 9.91. The fraction of sp³-hybridized carbons (Fsp3) is 0.500. The molecule has 0 amide bonds. The molecule has 0 aromatic rings. The van der Waals surface area contributed by atoms with Gasteiger partial charge >= 0.3 is 0 Å². The maximum atomic E-state index is 4.05. The smallest absolute Gasteiger partial charge is 0.0326 e. The second kappa shape index (κ2) is 12.1. The van der Waals surface area contributed by atoms with Crippen molar-refractivity contribution in [3.05, 3.63) is 49.7 Å². The third kappa shape index (κ3) is 8.97. The van der Waals surface area contributed by atoms with Crippen molar-refractivity contribution >= 4 is 0 Å². The van der Waals surface area contributed by atoms with E-state index in [1.54, 1.807) is 0 Å². The number of nitrogens with one attached hydrogen (secondary N) is 1. The highest BCUT2D eigenvalue weighted by Gasteiger charge is 2.17. The quantitative estimate of drug-likeness (QED) is 0.427. The molecule has 0 spiro atoms. The van der Waals surface area contributed by atoms with Crippen LogP contribution in [0.2, 0.25) is 0 Å².